The molecule has 0 radical (unpaired) electrons. The van der Waals surface area contributed by atoms with E-state index in [1.54, 1.807) is 24.3 Å². The molecule has 94 valence electrons. The molecule has 0 aliphatic carbocycles. The van der Waals surface area contributed by atoms with Gasteiger partial charge in [-0.1, -0.05) is 49.5 Å². The summed E-state index contributed by atoms with van der Waals surface area (Å²) in [5.74, 6) is 0.281. The first-order chi connectivity index (χ1) is 8.60. The van der Waals surface area contributed by atoms with Crippen molar-refractivity contribution in [2.24, 2.45) is 0 Å². The molecule has 2 aromatic rings. The zero-order chi connectivity index (χ0) is 13.1. The SMILES string of the molecule is Fc1ccc(Br)cc1Oc1cc(Cl)ccc1CBr. The Morgan fingerprint density at radius 2 is 1.89 bits per heavy atom. The summed E-state index contributed by atoms with van der Waals surface area (Å²) in [5.41, 5.74) is 0.902. The van der Waals surface area contributed by atoms with Crippen molar-refractivity contribution in [3.05, 3.63) is 57.3 Å². The molecule has 5 heteroatoms. The maximum absolute atomic E-state index is 13.6. The number of ether oxygens (including phenoxy) is 1. The van der Waals surface area contributed by atoms with E-state index in [2.05, 4.69) is 31.9 Å². The summed E-state index contributed by atoms with van der Waals surface area (Å²) < 4.78 is 19.9. The molecular weight excluding hydrogens is 386 g/mol. The zero-order valence-electron chi connectivity index (χ0n) is 9.09. The van der Waals surface area contributed by atoms with Gasteiger partial charge < -0.3 is 4.74 Å². The third-order valence-corrected chi connectivity index (χ3v) is 3.62. The van der Waals surface area contributed by atoms with Crippen LogP contribution in [0.2, 0.25) is 5.02 Å². The van der Waals surface area contributed by atoms with Gasteiger partial charge in [0.2, 0.25) is 0 Å². The normalized spacial score (nSPS) is 10.4. The van der Waals surface area contributed by atoms with E-state index >= 15 is 0 Å². The monoisotopic (exact) mass is 392 g/mol. The second-order valence-electron chi connectivity index (χ2n) is 3.56. The summed E-state index contributed by atoms with van der Waals surface area (Å²) in [7, 11) is 0. The third-order valence-electron chi connectivity index (χ3n) is 2.29. The molecule has 0 fully saturated rings. The highest BCUT2D eigenvalue weighted by atomic mass is 79.9. The Balaban J connectivity index is 2.38. The van der Waals surface area contributed by atoms with Crippen molar-refractivity contribution in [2.45, 2.75) is 5.33 Å². The second kappa shape index (κ2) is 6.04. The highest BCUT2D eigenvalue weighted by molar-refractivity contribution is 9.10. The van der Waals surface area contributed by atoms with Gasteiger partial charge in [0.05, 0.1) is 0 Å². The van der Waals surface area contributed by atoms with Crippen LogP contribution >= 0.6 is 43.5 Å². The molecule has 0 atom stereocenters. The first kappa shape index (κ1) is 13.8. The van der Waals surface area contributed by atoms with E-state index in [4.69, 9.17) is 16.3 Å². The number of hydrogen-bond acceptors (Lipinski definition) is 1. The molecule has 1 nitrogen and oxygen atoms in total. The lowest BCUT2D eigenvalue weighted by Gasteiger charge is -2.11. The Morgan fingerprint density at radius 1 is 1.11 bits per heavy atom. The molecule has 0 unspecified atom stereocenters. The Labute approximate surface area is 126 Å². The predicted molar refractivity (Wildman–Crippen MR) is 78.3 cm³/mol. The minimum Gasteiger partial charge on any atom is -0.454 e. The Hall–Kier alpha value is -0.580. The predicted octanol–water partition coefficient (Wildman–Crippen LogP) is 5.93. The minimum atomic E-state index is -0.418. The molecule has 2 aromatic carbocycles. The van der Waals surface area contributed by atoms with E-state index < -0.39 is 5.82 Å². The van der Waals surface area contributed by atoms with Gasteiger partial charge in [-0.3, -0.25) is 0 Å². The maximum atomic E-state index is 13.6. The largest absolute Gasteiger partial charge is 0.454 e. The molecule has 0 aromatic heterocycles. The van der Waals surface area contributed by atoms with Crippen molar-refractivity contribution in [3.8, 4) is 11.5 Å². The first-order valence-electron chi connectivity index (χ1n) is 5.07. The fourth-order valence-electron chi connectivity index (χ4n) is 1.41. The van der Waals surface area contributed by atoms with Crippen molar-refractivity contribution < 1.29 is 9.13 Å². The molecule has 0 saturated carbocycles. The summed E-state index contributed by atoms with van der Waals surface area (Å²) in [6.07, 6.45) is 0. The molecule has 0 aliphatic rings. The molecule has 0 spiro atoms. The van der Waals surface area contributed by atoms with E-state index in [1.165, 1.54) is 6.07 Å². The van der Waals surface area contributed by atoms with Crippen LogP contribution in [0.3, 0.4) is 0 Å². The molecule has 0 saturated heterocycles. The van der Waals surface area contributed by atoms with E-state index in [1.807, 2.05) is 6.07 Å². The highest BCUT2D eigenvalue weighted by Gasteiger charge is 2.09. The average Bonchev–Trinajstić information content (AvgIpc) is 2.34. The molecule has 0 aliphatic heterocycles. The van der Waals surface area contributed by atoms with Crippen LogP contribution in [0.25, 0.3) is 0 Å². The van der Waals surface area contributed by atoms with E-state index in [0.717, 1.165) is 10.0 Å². The third kappa shape index (κ3) is 3.25. The molecule has 2 rings (SSSR count). The highest BCUT2D eigenvalue weighted by Crippen LogP contribution is 2.32. The lowest BCUT2D eigenvalue weighted by Crippen LogP contribution is -1.92. The van der Waals surface area contributed by atoms with Crippen LogP contribution in [-0.2, 0) is 5.33 Å². The fourth-order valence-corrected chi connectivity index (χ4v) is 2.37. The van der Waals surface area contributed by atoms with Crippen LogP contribution in [-0.4, -0.2) is 0 Å². The Bertz CT molecular complexity index is 575. The van der Waals surface area contributed by atoms with Crippen molar-refractivity contribution in [1.29, 1.82) is 0 Å². The van der Waals surface area contributed by atoms with E-state index in [9.17, 15) is 4.39 Å². The fraction of sp³-hybridized carbons (Fsp3) is 0.0769. The molecule has 18 heavy (non-hydrogen) atoms. The van der Waals surface area contributed by atoms with E-state index in [-0.39, 0.29) is 5.75 Å². The van der Waals surface area contributed by atoms with Gasteiger partial charge >= 0.3 is 0 Å². The Morgan fingerprint density at radius 3 is 2.61 bits per heavy atom. The van der Waals surface area contributed by atoms with Gasteiger partial charge in [0.15, 0.2) is 11.6 Å². The smallest absolute Gasteiger partial charge is 0.165 e. The summed E-state index contributed by atoms with van der Waals surface area (Å²) in [5, 5.41) is 1.15. The zero-order valence-corrected chi connectivity index (χ0v) is 13.0. The van der Waals surface area contributed by atoms with Crippen LogP contribution in [0.5, 0.6) is 11.5 Å². The van der Waals surface area contributed by atoms with Crippen molar-refractivity contribution in [1.82, 2.24) is 0 Å². The number of alkyl halides is 1. The van der Waals surface area contributed by atoms with Gasteiger partial charge in [-0.15, -0.1) is 0 Å². The van der Waals surface area contributed by atoms with Gasteiger partial charge in [-0.2, -0.15) is 0 Å². The van der Waals surface area contributed by atoms with Crippen LogP contribution in [0.1, 0.15) is 5.56 Å². The first-order valence-corrected chi connectivity index (χ1v) is 7.36. The van der Waals surface area contributed by atoms with Gasteiger partial charge in [0.25, 0.3) is 0 Å². The van der Waals surface area contributed by atoms with Crippen LogP contribution in [0, 0.1) is 5.82 Å². The van der Waals surface area contributed by atoms with Gasteiger partial charge in [0.1, 0.15) is 5.75 Å². The quantitative estimate of drug-likeness (QED) is 0.587. The standard InChI is InChI=1S/C13H8Br2ClFO/c14-7-8-1-3-10(16)6-12(8)18-13-5-9(15)2-4-11(13)17/h1-6H,7H2. The molecule has 0 bridgehead atoms. The molecule has 0 heterocycles. The number of rotatable bonds is 3. The number of benzene rings is 2. The summed E-state index contributed by atoms with van der Waals surface area (Å²) in [6.45, 7) is 0. The minimum absolute atomic E-state index is 0.161. The maximum Gasteiger partial charge on any atom is 0.165 e. The topological polar surface area (TPSA) is 9.23 Å². The molecule has 0 N–H and O–H groups in total. The van der Waals surface area contributed by atoms with Crippen LogP contribution in [0.15, 0.2) is 40.9 Å². The van der Waals surface area contributed by atoms with Gasteiger partial charge in [0, 0.05) is 20.4 Å². The van der Waals surface area contributed by atoms with Gasteiger partial charge in [-0.25, -0.2) is 4.39 Å². The lowest BCUT2D eigenvalue weighted by molar-refractivity contribution is 0.439. The number of hydrogen-bond donors (Lipinski definition) is 0. The van der Waals surface area contributed by atoms with Crippen molar-refractivity contribution >= 4 is 43.5 Å². The lowest BCUT2D eigenvalue weighted by atomic mass is 10.2. The second-order valence-corrected chi connectivity index (χ2v) is 5.48. The summed E-state index contributed by atoms with van der Waals surface area (Å²) in [4.78, 5) is 0. The Kier molecular flexibility index (Phi) is 4.65. The van der Waals surface area contributed by atoms with E-state index in [0.29, 0.717) is 16.1 Å². The molecular formula is C13H8Br2ClFO. The molecule has 0 amide bonds. The number of halogens is 4. The van der Waals surface area contributed by atoms with Crippen molar-refractivity contribution in [3.63, 3.8) is 0 Å². The summed E-state index contributed by atoms with van der Waals surface area (Å²) in [6, 6.07) is 9.81. The van der Waals surface area contributed by atoms with Crippen LogP contribution in [0.4, 0.5) is 4.39 Å². The van der Waals surface area contributed by atoms with Gasteiger partial charge in [-0.05, 0) is 30.3 Å². The van der Waals surface area contributed by atoms with Crippen molar-refractivity contribution in [2.75, 3.05) is 0 Å². The summed E-state index contributed by atoms with van der Waals surface area (Å²) >= 11 is 12.5. The average molecular weight is 394 g/mol. The van der Waals surface area contributed by atoms with Crippen LogP contribution < -0.4 is 4.74 Å².